The molecule has 0 saturated heterocycles. The number of thiazole rings is 1. The van der Waals surface area contributed by atoms with Crippen molar-refractivity contribution in [2.45, 2.75) is 19.8 Å². The molecule has 0 spiro atoms. The topological polar surface area (TPSA) is 54.9 Å². The molecule has 0 bridgehead atoms. The number of aromatic nitrogens is 1. The number of hydrogen-bond donors (Lipinski definition) is 0. The second-order valence-corrected chi connectivity index (χ2v) is 8.34. The SMILES string of the molecule is CCc1ccc2nc(N(CCCN(C)C)C(=O)c3ccc(OC)c(OC)c3)sc2c1. The van der Waals surface area contributed by atoms with Crippen molar-refractivity contribution in [2.24, 2.45) is 0 Å². The molecule has 1 heterocycles. The maximum Gasteiger partial charge on any atom is 0.260 e. The van der Waals surface area contributed by atoms with Crippen molar-refractivity contribution in [1.29, 1.82) is 0 Å². The Morgan fingerprint density at radius 1 is 1.03 bits per heavy atom. The van der Waals surface area contributed by atoms with E-state index in [1.165, 1.54) is 5.56 Å². The van der Waals surface area contributed by atoms with E-state index in [1.54, 1.807) is 48.7 Å². The van der Waals surface area contributed by atoms with E-state index < -0.39 is 0 Å². The van der Waals surface area contributed by atoms with Gasteiger partial charge in [0, 0.05) is 12.1 Å². The highest BCUT2D eigenvalue weighted by molar-refractivity contribution is 7.22. The van der Waals surface area contributed by atoms with Crippen molar-refractivity contribution >= 4 is 32.6 Å². The fraction of sp³-hybridized carbons (Fsp3) is 0.391. The van der Waals surface area contributed by atoms with Crippen LogP contribution in [0.4, 0.5) is 5.13 Å². The Kier molecular flexibility index (Phi) is 7.29. The molecule has 7 heteroatoms. The summed E-state index contributed by atoms with van der Waals surface area (Å²) in [5, 5.41) is 0.719. The fourth-order valence-corrected chi connectivity index (χ4v) is 4.30. The number of anilines is 1. The van der Waals surface area contributed by atoms with E-state index in [4.69, 9.17) is 14.5 Å². The Bertz CT molecular complexity index is 1020. The third-order valence-electron chi connectivity index (χ3n) is 4.94. The summed E-state index contributed by atoms with van der Waals surface area (Å²) in [6.45, 7) is 3.61. The molecule has 30 heavy (non-hydrogen) atoms. The summed E-state index contributed by atoms with van der Waals surface area (Å²) in [5.74, 6) is 1.04. The fourth-order valence-electron chi connectivity index (χ4n) is 3.25. The molecule has 0 aliphatic rings. The number of hydrogen-bond acceptors (Lipinski definition) is 6. The highest BCUT2D eigenvalue weighted by atomic mass is 32.1. The Morgan fingerprint density at radius 3 is 2.47 bits per heavy atom. The maximum absolute atomic E-state index is 13.5. The Balaban J connectivity index is 1.96. The first-order chi connectivity index (χ1) is 14.5. The minimum atomic E-state index is -0.0931. The van der Waals surface area contributed by atoms with Crippen molar-refractivity contribution in [3.8, 4) is 11.5 Å². The van der Waals surface area contributed by atoms with E-state index in [1.807, 2.05) is 20.2 Å². The van der Waals surface area contributed by atoms with Crippen molar-refractivity contribution in [1.82, 2.24) is 9.88 Å². The molecular formula is C23H29N3O3S. The smallest absolute Gasteiger partial charge is 0.260 e. The Hall–Kier alpha value is -2.64. The van der Waals surface area contributed by atoms with Crippen LogP contribution in [0.2, 0.25) is 0 Å². The number of carbonyl (C=O) groups excluding carboxylic acids is 1. The average Bonchev–Trinajstić information content (AvgIpc) is 3.18. The zero-order valence-electron chi connectivity index (χ0n) is 18.3. The van der Waals surface area contributed by atoms with Gasteiger partial charge in [-0.2, -0.15) is 0 Å². The van der Waals surface area contributed by atoms with Gasteiger partial charge in [-0.1, -0.05) is 24.3 Å². The number of rotatable bonds is 9. The third kappa shape index (κ3) is 4.91. The second-order valence-electron chi connectivity index (χ2n) is 7.34. The highest BCUT2D eigenvalue weighted by Crippen LogP contribution is 2.32. The van der Waals surface area contributed by atoms with Gasteiger partial charge in [0.15, 0.2) is 16.6 Å². The lowest BCUT2D eigenvalue weighted by Crippen LogP contribution is -2.33. The van der Waals surface area contributed by atoms with Crippen molar-refractivity contribution in [3.05, 3.63) is 47.5 Å². The van der Waals surface area contributed by atoms with Crippen LogP contribution >= 0.6 is 11.3 Å². The number of nitrogens with zero attached hydrogens (tertiary/aromatic N) is 3. The normalized spacial score (nSPS) is 11.1. The number of benzene rings is 2. The van der Waals surface area contributed by atoms with E-state index in [0.29, 0.717) is 23.6 Å². The van der Waals surface area contributed by atoms with Crippen LogP contribution in [0.1, 0.15) is 29.3 Å². The number of methoxy groups -OCH3 is 2. The molecule has 0 N–H and O–H groups in total. The lowest BCUT2D eigenvalue weighted by molar-refractivity contribution is 0.0985. The molecule has 3 aromatic rings. The van der Waals surface area contributed by atoms with Crippen LogP contribution in [-0.2, 0) is 6.42 Å². The van der Waals surface area contributed by atoms with Gasteiger partial charge < -0.3 is 14.4 Å². The molecule has 0 unspecified atom stereocenters. The summed E-state index contributed by atoms with van der Waals surface area (Å²) < 4.78 is 11.8. The second kappa shape index (κ2) is 9.91. The van der Waals surface area contributed by atoms with Crippen molar-refractivity contribution in [3.63, 3.8) is 0 Å². The highest BCUT2D eigenvalue weighted by Gasteiger charge is 2.22. The number of ether oxygens (including phenoxy) is 2. The molecular weight excluding hydrogens is 398 g/mol. The summed E-state index contributed by atoms with van der Waals surface area (Å²) in [5.41, 5.74) is 2.74. The third-order valence-corrected chi connectivity index (χ3v) is 5.98. The van der Waals surface area contributed by atoms with Crippen molar-refractivity contribution in [2.75, 3.05) is 46.3 Å². The van der Waals surface area contributed by atoms with Gasteiger partial charge in [-0.3, -0.25) is 9.69 Å². The van der Waals surface area contributed by atoms with E-state index >= 15 is 0 Å². The van der Waals surface area contributed by atoms with Gasteiger partial charge in [0.05, 0.1) is 24.4 Å². The quantitative estimate of drug-likeness (QED) is 0.504. The summed E-state index contributed by atoms with van der Waals surface area (Å²) in [6, 6.07) is 11.5. The molecule has 160 valence electrons. The maximum atomic E-state index is 13.5. The van der Waals surface area contributed by atoms with Gasteiger partial charge in [-0.15, -0.1) is 0 Å². The lowest BCUT2D eigenvalue weighted by atomic mass is 10.1. The zero-order valence-corrected chi connectivity index (χ0v) is 19.1. The van der Waals surface area contributed by atoms with Crippen LogP contribution in [-0.4, -0.2) is 57.2 Å². The molecule has 0 radical (unpaired) electrons. The first-order valence-electron chi connectivity index (χ1n) is 10.0. The lowest BCUT2D eigenvalue weighted by Gasteiger charge is -2.21. The van der Waals surface area contributed by atoms with Crippen LogP contribution in [0, 0.1) is 0 Å². The average molecular weight is 428 g/mol. The van der Waals surface area contributed by atoms with Crippen LogP contribution in [0.15, 0.2) is 36.4 Å². The largest absolute Gasteiger partial charge is 0.493 e. The minimum Gasteiger partial charge on any atom is -0.493 e. The van der Waals surface area contributed by atoms with Gasteiger partial charge in [0.25, 0.3) is 5.91 Å². The van der Waals surface area contributed by atoms with E-state index in [0.717, 1.165) is 34.7 Å². The molecule has 1 amide bonds. The first kappa shape index (κ1) is 22.1. The summed E-state index contributed by atoms with van der Waals surface area (Å²) in [4.78, 5) is 22.1. The number of carbonyl (C=O) groups is 1. The van der Waals surface area contributed by atoms with Gasteiger partial charge in [-0.25, -0.2) is 4.98 Å². The van der Waals surface area contributed by atoms with Gasteiger partial charge in [0.1, 0.15) is 0 Å². The molecule has 0 aliphatic carbocycles. The standard InChI is InChI=1S/C23H29N3O3S/c1-6-16-8-10-18-21(14-16)30-23(24-18)26(13-7-12-25(2)3)22(27)17-9-11-19(28-4)20(15-17)29-5/h8-11,14-15H,6-7,12-13H2,1-5H3. The predicted molar refractivity (Wildman–Crippen MR) is 123 cm³/mol. The molecule has 3 rings (SSSR count). The van der Waals surface area contributed by atoms with Gasteiger partial charge >= 0.3 is 0 Å². The number of aryl methyl sites for hydroxylation is 1. The van der Waals surface area contributed by atoms with Crippen LogP contribution < -0.4 is 14.4 Å². The molecule has 0 aliphatic heterocycles. The van der Waals surface area contributed by atoms with E-state index in [2.05, 4.69) is 24.0 Å². The molecule has 0 fully saturated rings. The molecule has 0 atom stereocenters. The molecule has 1 aromatic heterocycles. The van der Waals surface area contributed by atoms with E-state index in [9.17, 15) is 4.79 Å². The summed E-state index contributed by atoms with van der Waals surface area (Å²) in [6.07, 6.45) is 1.82. The monoisotopic (exact) mass is 427 g/mol. The Labute approximate surface area is 182 Å². The molecule has 0 saturated carbocycles. The number of fused-ring (bicyclic) bond motifs is 1. The summed E-state index contributed by atoms with van der Waals surface area (Å²) >= 11 is 1.56. The minimum absolute atomic E-state index is 0.0931. The van der Waals surface area contributed by atoms with Crippen LogP contribution in [0.25, 0.3) is 10.2 Å². The first-order valence-corrected chi connectivity index (χ1v) is 10.9. The van der Waals surface area contributed by atoms with Gasteiger partial charge in [-0.05, 0) is 69.4 Å². The predicted octanol–water partition coefficient (Wildman–Crippen LogP) is 4.47. The van der Waals surface area contributed by atoms with E-state index in [-0.39, 0.29) is 5.91 Å². The number of amides is 1. The van der Waals surface area contributed by atoms with Crippen LogP contribution in [0.5, 0.6) is 11.5 Å². The van der Waals surface area contributed by atoms with Gasteiger partial charge in [0.2, 0.25) is 0 Å². The van der Waals surface area contributed by atoms with Crippen molar-refractivity contribution < 1.29 is 14.3 Å². The van der Waals surface area contributed by atoms with Crippen LogP contribution in [0.3, 0.4) is 0 Å². The zero-order chi connectivity index (χ0) is 21.7. The molecule has 2 aromatic carbocycles. The Morgan fingerprint density at radius 2 is 1.80 bits per heavy atom. The summed E-state index contributed by atoms with van der Waals surface area (Å²) in [7, 11) is 7.22. The molecule has 6 nitrogen and oxygen atoms in total.